The van der Waals surface area contributed by atoms with Crippen molar-refractivity contribution in [3.63, 3.8) is 0 Å². The van der Waals surface area contributed by atoms with Crippen molar-refractivity contribution in [3.05, 3.63) is 36.0 Å². The summed E-state index contributed by atoms with van der Waals surface area (Å²) >= 11 is 0. The van der Waals surface area contributed by atoms with E-state index in [1.165, 1.54) is 0 Å². The molecule has 0 fully saturated rings. The third-order valence-corrected chi connectivity index (χ3v) is 2.84. The number of hydrogen-bond acceptors (Lipinski definition) is 4. The highest BCUT2D eigenvalue weighted by molar-refractivity contribution is 5.60. The van der Waals surface area contributed by atoms with Crippen LogP contribution in [-0.2, 0) is 11.3 Å². The lowest BCUT2D eigenvalue weighted by Gasteiger charge is -2.11. The predicted molar refractivity (Wildman–Crippen MR) is 74.6 cm³/mol. The molecule has 102 valence electrons. The molecule has 2 rings (SSSR count). The highest BCUT2D eigenvalue weighted by Crippen LogP contribution is 2.18. The van der Waals surface area contributed by atoms with Crippen LogP contribution in [0.4, 0.5) is 0 Å². The van der Waals surface area contributed by atoms with Gasteiger partial charge in [-0.25, -0.2) is 0 Å². The third-order valence-electron chi connectivity index (χ3n) is 2.84. The number of aromatic amines is 1. The van der Waals surface area contributed by atoms with E-state index < -0.39 is 0 Å². The van der Waals surface area contributed by atoms with Crippen LogP contribution in [0.1, 0.15) is 19.5 Å². The number of H-pyrrole nitrogens is 1. The standard InChI is InChI=1S/C14H20N4O/c1-3-19-11(2)9-15-10-13-14(17-18-16-13)12-7-5-4-6-8-12/h4-8,11,15H,3,9-10H2,1-2H3,(H,16,17,18). The van der Waals surface area contributed by atoms with Gasteiger partial charge < -0.3 is 10.1 Å². The smallest absolute Gasteiger partial charge is 0.117 e. The molecule has 1 aromatic heterocycles. The van der Waals surface area contributed by atoms with Gasteiger partial charge in [-0.3, -0.25) is 0 Å². The Hall–Kier alpha value is -1.72. The zero-order valence-corrected chi connectivity index (χ0v) is 11.4. The van der Waals surface area contributed by atoms with E-state index in [0.717, 1.165) is 30.1 Å². The molecule has 2 N–H and O–H groups in total. The number of aromatic nitrogens is 3. The molecule has 0 saturated heterocycles. The van der Waals surface area contributed by atoms with Gasteiger partial charge in [0, 0.05) is 25.3 Å². The van der Waals surface area contributed by atoms with Crippen molar-refractivity contribution < 1.29 is 4.74 Å². The summed E-state index contributed by atoms with van der Waals surface area (Å²) in [6.45, 7) is 6.27. The van der Waals surface area contributed by atoms with Crippen LogP contribution < -0.4 is 5.32 Å². The van der Waals surface area contributed by atoms with Crippen molar-refractivity contribution in [2.45, 2.75) is 26.5 Å². The lowest BCUT2D eigenvalue weighted by Crippen LogP contribution is -2.26. The number of benzene rings is 1. The van der Waals surface area contributed by atoms with Gasteiger partial charge in [-0.2, -0.15) is 15.4 Å². The average molecular weight is 260 g/mol. The second-order valence-electron chi connectivity index (χ2n) is 4.38. The molecule has 0 aliphatic heterocycles. The number of ether oxygens (including phenoxy) is 1. The summed E-state index contributed by atoms with van der Waals surface area (Å²) in [7, 11) is 0. The summed E-state index contributed by atoms with van der Waals surface area (Å²) in [5.74, 6) is 0. The van der Waals surface area contributed by atoms with Crippen LogP contribution in [0.5, 0.6) is 0 Å². The van der Waals surface area contributed by atoms with Gasteiger partial charge in [0.25, 0.3) is 0 Å². The Morgan fingerprint density at radius 1 is 1.26 bits per heavy atom. The third kappa shape index (κ3) is 3.87. The average Bonchev–Trinajstić information content (AvgIpc) is 2.88. The minimum atomic E-state index is 0.206. The Morgan fingerprint density at radius 2 is 2.05 bits per heavy atom. The van der Waals surface area contributed by atoms with Gasteiger partial charge in [-0.05, 0) is 13.8 Å². The lowest BCUT2D eigenvalue weighted by molar-refractivity contribution is 0.0759. The molecule has 0 spiro atoms. The summed E-state index contributed by atoms with van der Waals surface area (Å²) in [5, 5.41) is 14.4. The van der Waals surface area contributed by atoms with Crippen molar-refractivity contribution in [2.24, 2.45) is 0 Å². The fraction of sp³-hybridized carbons (Fsp3) is 0.429. The maximum absolute atomic E-state index is 5.47. The number of rotatable bonds is 7. The minimum absolute atomic E-state index is 0.206. The largest absolute Gasteiger partial charge is 0.377 e. The summed E-state index contributed by atoms with van der Waals surface area (Å²) < 4.78 is 5.47. The van der Waals surface area contributed by atoms with E-state index in [-0.39, 0.29) is 6.10 Å². The first-order valence-electron chi connectivity index (χ1n) is 6.58. The van der Waals surface area contributed by atoms with Gasteiger partial charge in [0.15, 0.2) is 0 Å². The predicted octanol–water partition coefficient (Wildman–Crippen LogP) is 1.99. The monoisotopic (exact) mass is 260 g/mol. The van der Waals surface area contributed by atoms with Crippen LogP contribution in [0.25, 0.3) is 11.3 Å². The van der Waals surface area contributed by atoms with E-state index in [0.29, 0.717) is 6.54 Å². The molecule has 0 bridgehead atoms. The van der Waals surface area contributed by atoms with Crippen molar-refractivity contribution in [3.8, 4) is 11.3 Å². The second-order valence-corrected chi connectivity index (χ2v) is 4.38. The van der Waals surface area contributed by atoms with E-state index in [9.17, 15) is 0 Å². The zero-order chi connectivity index (χ0) is 13.5. The van der Waals surface area contributed by atoms with E-state index in [1.807, 2.05) is 37.3 Å². The Bertz CT molecular complexity index is 483. The molecular weight excluding hydrogens is 240 g/mol. The quantitative estimate of drug-likeness (QED) is 0.799. The summed E-state index contributed by atoms with van der Waals surface area (Å²) in [6.07, 6.45) is 0.206. The molecular formula is C14H20N4O. The van der Waals surface area contributed by atoms with E-state index in [1.54, 1.807) is 0 Å². The second kappa shape index (κ2) is 7.01. The van der Waals surface area contributed by atoms with Crippen molar-refractivity contribution in [2.75, 3.05) is 13.2 Å². The fourth-order valence-electron chi connectivity index (χ4n) is 1.94. The van der Waals surface area contributed by atoms with Crippen molar-refractivity contribution >= 4 is 0 Å². The SMILES string of the molecule is CCOC(C)CNCc1n[nH]nc1-c1ccccc1. The van der Waals surface area contributed by atoms with Crippen molar-refractivity contribution in [1.29, 1.82) is 0 Å². The van der Waals surface area contributed by atoms with Crippen LogP contribution in [0.15, 0.2) is 30.3 Å². The normalized spacial score (nSPS) is 12.5. The van der Waals surface area contributed by atoms with E-state index >= 15 is 0 Å². The Kier molecular flexibility index (Phi) is 5.06. The summed E-state index contributed by atoms with van der Waals surface area (Å²) in [6, 6.07) is 10.1. The number of hydrogen-bond donors (Lipinski definition) is 2. The molecule has 1 atom stereocenters. The molecule has 2 aromatic rings. The topological polar surface area (TPSA) is 62.8 Å². The molecule has 1 heterocycles. The molecule has 1 aromatic carbocycles. The Labute approximate surface area is 113 Å². The van der Waals surface area contributed by atoms with Crippen molar-refractivity contribution in [1.82, 2.24) is 20.7 Å². The maximum Gasteiger partial charge on any atom is 0.117 e. The van der Waals surface area contributed by atoms with Gasteiger partial charge in [0.05, 0.1) is 6.10 Å². The Morgan fingerprint density at radius 3 is 2.79 bits per heavy atom. The summed E-state index contributed by atoms with van der Waals surface area (Å²) in [5.41, 5.74) is 2.90. The molecule has 0 amide bonds. The molecule has 19 heavy (non-hydrogen) atoms. The first kappa shape index (κ1) is 13.7. The van der Waals surface area contributed by atoms with Gasteiger partial charge in [0.2, 0.25) is 0 Å². The molecule has 0 radical (unpaired) electrons. The van der Waals surface area contributed by atoms with Gasteiger partial charge in [-0.15, -0.1) is 0 Å². The first-order valence-corrected chi connectivity index (χ1v) is 6.58. The lowest BCUT2D eigenvalue weighted by atomic mass is 10.1. The molecule has 0 aliphatic carbocycles. The van der Waals surface area contributed by atoms with Gasteiger partial charge in [-0.1, -0.05) is 30.3 Å². The fourth-order valence-corrected chi connectivity index (χ4v) is 1.94. The molecule has 0 saturated carbocycles. The van der Waals surface area contributed by atoms with Crippen LogP contribution in [0.3, 0.4) is 0 Å². The van der Waals surface area contributed by atoms with Crippen LogP contribution in [0, 0.1) is 0 Å². The van der Waals surface area contributed by atoms with Gasteiger partial charge in [0.1, 0.15) is 11.4 Å². The van der Waals surface area contributed by atoms with Crippen LogP contribution in [-0.4, -0.2) is 34.7 Å². The minimum Gasteiger partial charge on any atom is -0.377 e. The molecule has 5 heteroatoms. The van der Waals surface area contributed by atoms with Gasteiger partial charge >= 0.3 is 0 Å². The first-order chi connectivity index (χ1) is 9.31. The Balaban J connectivity index is 1.94. The highest BCUT2D eigenvalue weighted by Gasteiger charge is 2.10. The number of nitrogens with zero attached hydrogens (tertiary/aromatic N) is 2. The summed E-state index contributed by atoms with van der Waals surface area (Å²) in [4.78, 5) is 0. The van der Waals surface area contributed by atoms with Crippen LogP contribution in [0.2, 0.25) is 0 Å². The van der Waals surface area contributed by atoms with E-state index in [4.69, 9.17) is 4.74 Å². The zero-order valence-electron chi connectivity index (χ0n) is 11.4. The number of nitrogens with one attached hydrogen (secondary N) is 2. The van der Waals surface area contributed by atoms with Crippen LogP contribution >= 0.6 is 0 Å². The highest BCUT2D eigenvalue weighted by atomic mass is 16.5. The molecule has 0 aliphatic rings. The molecule has 5 nitrogen and oxygen atoms in total. The molecule has 1 unspecified atom stereocenters. The maximum atomic E-state index is 5.47. The van der Waals surface area contributed by atoms with E-state index in [2.05, 4.69) is 27.7 Å².